The molecule has 4 aromatic carbocycles. The molecule has 0 radical (unpaired) electrons. The SMILES string of the molecule is Cc1ccccc1S(=O)(=O)Oc1ccc(NC(=O)Nc2ccccc2OS(=O)(=O)c2ccccc2)cc1. The van der Waals surface area contributed by atoms with Crippen molar-refractivity contribution in [1.29, 1.82) is 0 Å². The van der Waals surface area contributed by atoms with E-state index in [0.717, 1.165) is 0 Å². The summed E-state index contributed by atoms with van der Waals surface area (Å²) in [7, 11) is -8.13. The first-order valence-electron chi connectivity index (χ1n) is 10.9. The van der Waals surface area contributed by atoms with E-state index in [-0.39, 0.29) is 27.0 Å². The van der Waals surface area contributed by atoms with Crippen LogP contribution >= 0.6 is 0 Å². The summed E-state index contributed by atoms with van der Waals surface area (Å²) >= 11 is 0. The molecule has 2 amide bonds. The van der Waals surface area contributed by atoms with Crippen molar-refractivity contribution in [3.05, 3.63) is 109 Å². The number of benzene rings is 4. The summed E-state index contributed by atoms with van der Waals surface area (Å²) in [6.07, 6.45) is 0. The van der Waals surface area contributed by atoms with Gasteiger partial charge in [-0.3, -0.25) is 0 Å². The second-order valence-electron chi connectivity index (χ2n) is 7.75. The molecule has 190 valence electrons. The van der Waals surface area contributed by atoms with Crippen LogP contribution < -0.4 is 19.0 Å². The van der Waals surface area contributed by atoms with Crippen molar-refractivity contribution in [2.24, 2.45) is 0 Å². The van der Waals surface area contributed by atoms with Gasteiger partial charge in [0.1, 0.15) is 15.5 Å². The lowest BCUT2D eigenvalue weighted by atomic mass is 10.2. The van der Waals surface area contributed by atoms with Crippen molar-refractivity contribution in [3.8, 4) is 11.5 Å². The third-order valence-corrected chi connectivity index (χ3v) is 7.70. The normalized spacial score (nSPS) is 11.4. The van der Waals surface area contributed by atoms with E-state index in [1.165, 1.54) is 54.6 Å². The molecule has 0 aromatic heterocycles. The monoisotopic (exact) mass is 538 g/mol. The molecule has 9 nitrogen and oxygen atoms in total. The number of hydrogen-bond acceptors (Lipinski definition) is 7. The highest BCUT2D eigenvalue weighted by atomic mass is 32.2. The predicted octanol–water partition coefficient (Wildman–Crippen LogP) is 5.17. The lowest BCUT2D eigenvalue weighted by molar-refractivity contribution is 0.262. The highest BCUT2D eigenvalue weighted by Crippen LogP contribution is 2.28. The molecular weight excluding hydrogens is 516 g/mol. The summed E-state index contributed by atoms with van der Waals surface area (Å²) in [5.41, 5.74) is 1.02. The maximum Gasteiger partial charge on any atom is 0.339 e. The van der Waals surface area contributed by atoms with Crippen LogP contribution in [-0.2, 0) is 20.2 Å². The molecule has 0 heterocycles. The first-order valence-corrected chi connectivity index (χ1v) is 13.7. The van der Waals surface area contributed by atoms with Crippen LogP contribution in [0.15, 0.2) is 113 Å². The highest BCUT2D eigenvalue weighted by Gasteiger charge is 2.20. The highest BCUT2D eigenvalue weighted by molar-refractivity contribution is 7.87. The van der Waals surface area contributed by atoms with E-state index in [1.54, 1.807) is 55.5 Å². The van der Waals surface area contributed by atoms with Gasteiger partial charge in [-0.25, -0.2) is 4.79 Å². The average Bonchev–Trinajstić information content (AvgIpc) is 2.87. The van der Waals surface area contributed by atoms with Gasteiger partial charge >= 0.3 is 26.3 Å². The summed E-state index contributed by atoms with van der Waals surface area (Å²) in [5.74, 6) is 0.00531. The fourth-order valence-corrected chi connectivity index (χ4v) is 5.41. The Morgan fingerprint density at radius 1 is 0.649 bits per heavy atom. The van der Waals surface area contributed by atoms with Crippen LogP contribution in [0.1, 0.15) is 5.56 Å². The quantitative estimate of drug-likeness (QED) is 0.296. The number of nitrogens with one attached hydrogen (secondary N) is 2. The molecule has 37 heavy (non-hydrogen) atoms. The molecule has 4 rings (SSSR count). The zero-order valence-electron chi connectivity index (χ0n) is 19.5. The third kappa shape index (κ3) is 6.46. The number of amides is 2. The molecule has 11 heteroatoms. The number of rotatable bonds is 8. The summed E-state index contributed by atoms with van der Waals surface area (Å²) in [6, 6.07) is 25.2. The summed E-state index contributed by atoms with van der Waals surface area (Å²) in [6.45, 7) is 1.67. The van der Waals surface area contributed by atoms with Gasteiger partial charge < -0.3 is 19.0 Å². The molecule has 0 aliphatic carbocycles. The summed E-state index contributed by atoms with van der Waals surface area (Å²) in [4.78, 5) is 12.6. The van der Waals surface area contributed by atoms with Crippen LogP contribution in [0.2, 0.25) is 0 Å². The zero-order chi connectivity index (χ0) is 26.5. The third-order valence-electron chi connectivity index (χ3n) is 5.05. The van der Waals surface area contributed by atoms with Gasteiger partial charge in [-0.05, 0) is 67.1 Å². The second-order valence-corrected chi connectivity index (χ2v) is 10.8. The molecule has 0 unspecified atom stereocenters. The number of carbonyl (C=O) groups excluding carboxylic acids is 1. The Labute approximate surface area is 214 Å². The number of aryl methyl sites for hydroxylation is 1. The molecule has 0 saturated heterocycles. The van der Waals surface area contributed by atoms with Gasteiger partial charge in [-0.15, -0.1) is 0 Å². The van der Waals surface area contributed by atoms with Gasteiger partial charge in [0.15, 0.2) is 5.75 Å². The maximum atomic E-state index is 12.6. The van der Waals surface area contributed by atoms with Crippen LogP contribution in [0.3, 0.4) is 0 Å². The molecule has 0 aliphatic heterocycles. The van der Waals surface area contributed by atoms with Gasteiger partial charge in [-0.1, -0.05) is 48.5 Å². The zero-order valence-corrected chi connectivity index (χ0v) is 21.1. The van der Waals surface area contributed by atoms with Crippen LogP contribution in [0.25, 0.3) is 0 Å². The number of anilines is 2. The molecule has 4 aromatic rings. The van der Waals surface area contributed by atoms with Crippen molar-refractivity contribution < 1.29 is 30.0 Å². The van der Waals surface area contributed by atoms with E-state index < -0.39 is 26.3 Å². The average molecular weight is 539 g/mol. The van der Waals surface area contributed by atoms with Crippen LogP contribution in [0.5, 0.6) is 11.5 Å². The van der Waals surface area contributed by atoms with E-state index in [9.17, 15) is 21.6 Å². The lowest BCUT2D eigenvalue weighted by Crippen LogP contribution is -2.20. The Bertz CT molecular complexity index is 1620. The van der Waals surface area contributed by atoms with Crippen LogP contribution in [-0.4, -0.2) is 22.9 Å². The molecule has 0 saturated carbocycles. The first-order chi connectivity index (χ1) is 17.6. The number of hydrogen-bond donors (Lipinski definition) is 2. The molecule has 2 N–H and O–H groups in total. The van der Waals surface area contributed by atoms with Crippen LogP contribution in [0.4, 0.5) is 16.2 Å². The van der Waals surface area contributed by atoms with Crippen molar-refractivity contribution in [3.63, 3.8) is 0 Å². The van der Waals surface area contributed by atoms with Crippen molar-refractivity contribution in [2.75, 3.05) is 10.6 Å². The Hall–Kier alpha value is -4.35. The minimum absolute atomic E-state index is 0.0268. The Morgan fingerprint density at radius 3 is 1.97 bits per heavy atom. The molecule has 0 spiro atoms. The van der Waals surface area contributed by atoms with E-state index in [1.807, 2.05) is 0 Å². The largest absolute Gasteiger partial charge is 0.379 e. The predicted molar refractivity (Wildman–Crippen MR) is 139 cm³/mol. The smallest absolute Gasteiger partial charge is 0.339 e. The number of urea groups is 1. The van der Waals surface area contributed by atoms with Gasteiger partial charge in [0, 0.05) is 5.69 Å². The van der Waals surface area contributed by atoms with E-state index in [4.69, 9.17) is 8.37 Å². The van der Waals surface area contributed by atoms with E-state index in [0.29, 0.717) is 11.3 Å². The minimum Gasteiger partial charge on any atom is -0.379 e. The topological polar surface area (TPSA) is 128 Å². The fourth-order valence-electron chi connectivity index (χ4n) is 3.28. The summed E-state index contributed by atoms with van der Waals surface area (Å²) in [5, 5.41) is 5.13. The van der Waals surface area contributed by atoms with Crippen molar-refractivity contribution in [2.45, 2.75) is 16.7 Å². The molecule has 0 atom stereocenters. The number of para-hydroxylation sites is 2. The summed E-state index contributed by atoms with van der Waals surface area (Å²) < 4.78 is 60.7. The molecule has 0 bridgehead atoms. The lowest BCUT2D eigenvalue weighted by Gasteiger charge is -2.13. The van der Waals surface area contributed by atoms with Gasteiger partial charge in [-0.2, -0.15) is 16.8 Å². The van der Waals surface area contributed by atoms with Gasteiger partial charge in [0.2, 0.25) is 0 Å². The second kappa shape index (κ2) is 10.7. The van der Waals surface area contributed by atoms with Crippen LogP contribution in [0, 0.1) is 6.92 Å². The van der Waals surface area contributed by atoms with E-state index in [2.05, 4.69) is 10.6 Å². The Kier molecular flexibility index (Phi) is 7.46. The standard InChI is InChI=1S/C26H22N2O7S2/c1-19-9-5-8-14-25(19)37(32,33)34-21-17-15-20(16-18-21)27-26(29)28-23-12-6-7-13-24(23)35-36(30,31)22-10-3-2-4-11-22/h2-18H,1H3,(H2,27,28,29). The minimum atomic E-state index is -4.11. The maximum absolute atomic E-state index is 12.6. The van der Waals surface area contributed by atoms with Gasteiger partial charge in [0.25, 0.3) is 0 Å². The van der Waals surface area contributed by atoms with E-state index >= 15 is 0 Å². The van der Waals surface area contributed by atoms with Gasteiger partial charge in [0.05, 0.1) is 5.69 Å². The van der Waals surface area contributed by atoms with Crippen molar-refractivity contribution >= 4 is 37.6 Å². The molecule has 0 fully saturated rings. The molecule has 0 aliphatic rings. The molecular formula is C26H22N2O7S2. The Morgan fingerprint density at radius 2 is 1.27 bits per heavy atom. The first kappa shape index (κ1) is 25.7. The fraction of sp³-hybridized carbons (Fsp3) is 0.0385. The van der Waals surface area contributed by atoms with Crippen molar-refractivity contribution in [1.82, 2.24) is 0 Å². The number of carbonyl (C=O) groups is 1. The Balaban J connectivity index is 1.42.